The van der Waals surface area contributed by atoms with Gasteiger partial charge < -0.3 is 10.2 Å². The summed E-state index contributed by atoms with van der Waals surface area (Å²) in [5.74, 6) is -3.23. The predicted octanol–water partition coefficient (Wildman–Crippen LogP) is 2.93. The first-order valence-corrected chi connectivity index (χ1v) is 9.20. The highest BCUT2D eigenvalue weighted by Crippen LogP contribution is 2.33. The molecule has 3 N–H and O–H groups in total. The minimum absolute atomic E-state index is 0.117. The maximum Gasteiger partial charge on any atom is 0.337 e. The molecule has 0 radical (unpaired) electrons. The second-order valence-corrected chi connectivity index (χ2v) is 7.17. The smallest absolute Gasteiger partial charge is 0.337 e. The van der Waals surface area contributed by atoms with Crippen LogP contribution >= 0.6 is 0 Å². The van der Waals surface area contributed by atoms with Crippen molar-refractivity contribution in [1.82, 2.24) is 0 Å². The summed E-state index contributed by atoms with van der Waals surface area (Å²) >= 11 is 0. The molecule has 9 heteroatoms. The van der Waals surface area contributed by atoms with Crippen molar-refractivity contribution in [1.29, 1.82) is 0 Å². The molecule has 0 aliphatic heterocycles. The Labute approximate surface area is 158 Å². The average Bonchev–Trinajstić information content (AvgIpc) is 2.64. The largest absolute Gasteiger partial charge is 0.478 e. The fraction of sp³-hybridized carbons (Fsp3) is 0. The lowest BCUT2D eigenvalue weighted by atomic mass is 9.90. The fourth-order valence-electron chi connectivity index (χ4n) is 2.96. The molecular formula is C19H12O8S. The van der Waals surface area contributed by atoms with Crippen LogP contribution in [-0.4, -0.2) is 40.2 Å². The van der Waals surface area contributed by atoms with Gasteiger partial charge >= 0.3 is 27.2 Å². The van der Waals surface area contributed by atoms with Crippen molar-refractivity contribution in [3.05, 3.63) is 71.3 Å². The summed E-state index contributed by atoms with van der Waals surface area (Å²) in [4.78, 5) is 35.5. The molecule has 3 aromatic carbocycles. The number of hydrogen-bond acceptors (Lipinski definition) is 5. The van der Waals surface area contributed by atoms with E-state index in [1.54, 1.807) is 30.3 Å². The zero-order valence-corrected chi connectivity index (χ0v) is 14.8. The van der Waals surface area contributed by atoms with Crippen LogP contribution in [0.2, 0.25) is 0 Å². The normalized spacial score (nSPS) is 11.3. The third-order valence-electron chi connectivity index (χ3n) is 4.14. The Morgan fingerprint density at radius 2 is 1.36 bits per heavy atom. The van der Waals surface area contributed by atoms with E-state index in [1.165, 1.54) is 12.1 Å². The van der Waals surface area contributed by atoms with Crippen LogP contribution in [0.5, 0.6) is 0 Å². The molecule has 0 saturated heterocycles. The van der Waals surface area contributed by atoms with Gasteiger partial charge in [0.15, 0.2) is 0 Å². The first kappa shape index (κ1) is 19.2. The zero-order valence-electron chi connectivity index (χ0n) is 14.0. The van der Waals surface area contributed by atoms with Crippen LogP contribution in [0.25, 0.3) is 21.9 Å². The lowest BCUT2D eigenvalue weighted by Gasteiger charge is -2.14. The summed E-state index contributed by atoms with van der Waals surface area (Å²) in [6, 6.07) is 13.3. The molecule has 0 saturated carbocycles. The van der Waals surface area contributed by atoms with E-state index in [1.807, 2.05) is 0 Å². The lowest BCUT2D eigenvalue weighted by Crippen LogP contribution is -2.18. The van der Waals surface area contributed by atoms with Gasteiger partial charge in [-0.2, -0.15) is 8.42 Å². The maximum atomic E-state index is 12.2. The molecule has 0 aromatic heterocycles. The summed E-state index contributed by atoms with van der Waals surface area (Å²) in [7, 11) is -5.18. The molecule has 8 nitrogen and oxygen atoms in total. The van der Waals surface area contributed by atoms with Crippen molar-refractivity contribution in [2.45, 2.75) is 0 Å². The molecule has 0 heterocycles. The standard InChI is InChI=1S/C19H12O8S/c20-17(21)13-7-8-14(19(24)28(25,26)27)15(16(13)18(22)23)12-6-5-10-3-1-2-4-11(10)9-12/h1-9H,(H,20,21)(H,22,23)(H,25,26,27). The van der Waals surface area contributed by atoms with Gasteiger partial charge in [-0.3, -0.25) is 9.35 Å². The van der Waals surface area contributed by atoms with Gasteiger partial charge in [0.05, 0.1) is 11.1 Å². The van der Waals surface area contributed by atoms with Crippen LogP contribution < -0.4 is 0 Å². The van der Waals surface area contributed by atoms with Crippen molar-refractivity contribution in [3.63, 3.8) is 0 Å². The summed E-state index contributed by atoms with van der Waals surface area (Å²) in [5.41, 5.74) is -2.30. The Morgan fingerprint density at radius 1 is 0.750 bits per heavy atom. The van der Waals surface area contributed by atoms with Gasteiger partial charge in [0.2, 0.25) is 0 Å². The summed E-state index contributed by atoms with van der Waals surface area (Å²) in [6.07, 6.45) is 0. The molecule has 3 aromatic rings. The van der Waals surface area contributed by atoms with Crippen molar-refractivity contribution >= 4 is 37.9 Å². The molecule has 0 aliphatic carbocycles. The quantitative estimate of drug-likeness (QED) is 0.567. The first-order chi connectivity index (χ1) is 13.1. The highest BCUT2D eigenvalue weighted by molar-refractivity contribution is 8.01. The molecule has 28 heavy (non-hydrogen) atoms. The van der Waals surface area contributed by atoms with E-state index < -0.39 is 49.4 Å². The predicted molar refractivity (Wildman–Crippen MR) is 99.2 cm³/mol. The van der Waals surface area contributed by atoms with E-state index >= 15 is 0 Å². The van der Waals surface area contributed by atoms with Crippen LogP contribution in [0, 0.1) is 0 Å². The number of carbonyl (C=O) groups is 3. The van der Waals surface area contributed by atoms with E-state index in [9.17, 15) is 33.0 Å². The average molecular weight is 400 g/mol. The Hall–Kier alpha value is -3.56. The van der Waals surface area contributed by atoms with Crippen LogP contribution in [0.3, 0.4) is 0 Å². The Morgan fingerprint density at radius 3 is 1.93 bits per heavy atom. The number of fused-ring (bicyclic) bond motifs is 1. The SMILES string of the molecule is O=C(O)c1ccc(C(=O)S(=O)(=O)O)c(-c2ccc3ccccc3c2)c1C(=O)O. The Kier molecular flexibility index (Phi) is 4.72. The molecular weight excluding hydrogens is 388 g/mol. The summed E-state index contributed by atoms with van der Waals surface area (Å²) in [6.45, 7) is 0. The van der Waals surface area contributed by atoms with Crippen molar-refractivity contribution < 1.29 is 37.6 Å². The number of carboxylic acid groups (broad SMARTS) is 2. The van der Waals surface area contributed by atoms with Gasteiger partial charge in [-0.05, 0) is 34.5 Å². The second kappa shape index (κ2) is 6.87. The van der Waals surface area contributed by atoms with Crippen LogP contribution in [0.1, 0.15) is 31.1 Å². The molecule has 3 rings (SSSR count). The maximum absolute atomic E-state index is 12.2. The molecule has 0 fully saturated rings. The van der Waals surface area contributed by atoms with Crippen LogP contribution in [-0.2, 0) is 10.1 Å². The number of aromatic carboxylic acids is 2. The minimum Gasteiger partial charge on any atom is -0.478 e. The van der Waals surface area contributed by atoms with E-state index in [-0.39, 0.29) is 5.56 Å². The van der Waals surface area contributed by atoms with E-state index in [0.717, 1.165) is 17.5 Å². The molecule has 0 spiro atoms. The van der Waals surface area contributed by atoms with E-state index in [4.69, 9.17) is 4.55 Å². The van der Waals surface area contributed by atoms with Crippen molar-refractivity contribution in [3.8, 4) is 11.1 Å². The fourth-order valence-corrected chi connectivity index (χ4v) is 3.40. The number of hydrogen-bond donors (Lipinski definition) is 3. The Balaban J connectivity index is 2.46. The third-order valence-corrected chi connectivity index (χ3v) is 4.83. The van der Waals surface area contributed by atoms with Gasteiger partial charge in [-0.25, -0.2) is 9.59 Å². The molecule has 142 valence electrons. The lowest BCUT2D eigenvalue weighted by molar-refractivity contribution is 0.0652. The molecule has 0 aliphatic rings. The van der Waals surface area contributed by atoms with Gasteiger partial charge in [-0.15, -0.1) is 0 Å². The van der Waals surface area contributed by atoms with Gasteiger partial charge in [0.1, 0.15) is 0 Å². The van der Waals surface area contributed by atoms with Crippen LogP contribution in [0.4, 0.5) is 0 Å². The second-order valence-electron chi connectivity index (χ2n) is 5.85. The molecule has 0 unspecified atom stereocenters. The highest BCUT2D eigenvalue weighted by atomic mass is 32.2. The van der Waals surface area contributed by atoms with Crippen LogP contribution in [0.15, 0.2) is 54.6 Å². The van der Waals surface area contributed by atoms with Crippen molar-refractivity contribution in [2.75, 3.05) is 0 Å². The summed E-state index contributed by atoms with van der Waals surface area (Å²) in [5, 5.41) is 18.6. The number of benzene rings is 3. The minimum atomic E-state index is -5.18. The van der Waals surface area contributed by atoms with Gasteiger partial charge in [-0.1, -0.05) is 36.4 Å². The monoisotopic (exact) mass is 400 g/mol. The molecule has 0 amide bonds. The molecule has 0 bridgehead atoms. The first-order valence-electron chi connectivity index (χ1n) is 7.76. The number of carboxylic acids is 2. The molecule has 0 atom stereocenters. The number of rotatable bonds is 4. The van der Waals surface area contributed by atoms with Gasteiger partial charge in [0, 0.05) is 11.1 Å². The summed E-state index contributed by atoms with van der Waals surface area (Å²) < 4.78 is 31.9. The van der Waals surface area contributed by atoms with E-state index in [2.05, 4.69) is 0 Å². The zero-order chi connectivity index (χ0) is 20.6. The third kappa shape index (κ3) is 3.36. The number of carbonyl (C=O) groups excluding carboxylic acids is 1. The van der Waals surface area contributed by atoms with Gasteiger partial charge in [0.25, 0.3) is 0 Å². The highest BCUT2D eigenvalue weighted by Gasteiger charge is 2.31. The van der Waals surface area contributed by atoms with E-state index in [0.29, 0.717) is 5.39 Å². The Bertz CT molecular complexity index is 1260. The topological polar surface area (TPSA) is 146 Å². The van der Waals surface area contributed by atoms with Crippen molar-refractivity contribution in [2.24, 2.45) is 0 Å².